The maximum Gasteiger partial charge on any atom is 0.191 e. The minimum absolute atomic E-state index is 0.349. The third-order valence-corrected chi connectivity index (χ3v) is 4.66. The molecule has 0 aromatic carbocycles. The second kappa shape index (κ2) is 11.0. The number of aliphatic imine (C=N–C) groups is 1. The fraction of sp³-hybridized carbons (Fsp3) is 0.684. The summed E-state index contributed by atoms with van der Waals surface area (Å²) in [6.07, 6.45) is 12.4. The Balaban J connectivity index is 1.67. The fourth-order valence-corrected chi connectivity index (χ4v) is 3.27. The Morgan fingerprint density at radius 2 is 2.00 bits per heavy atom. The summed E-state index contributed by atoms with van der Waals surface area (Å²) < 4.78 is 0. The summed E-state index contributed by atoms with van der Waals surface area (Å²) in [4.78, 5) is 8.46. The predicted molar refractivity (Wildman–Crippen MR) is 99.0 cm³/mol. The number of aliphatic hydroxyl groups is 1. The van der Waals surface area contributed by atoms with E-state index in [9.17, 15) is 5.11 Å². The Morgan fingerprint density at radius 1 is 1.25 bits per heavy atom. The van der Waals surface area contributed by atoms with Gasteiger partial charge in [0.15, 0.2) is 5.96 Å². The Hall–Kier alpha value is -1.62. The Labute approximate surface area is 146 Å². The topological polar surface area (TPSA) is 69.5 Å². The molecule has 134 valence electrons. The summed E-state index contributed by atoms with van der Waals surface area (Å²) >= 11 is 0. The normalized spacial score (nSPS) is 17.0. The van der Waals surface area contributed by atoms with Crippen molar-refractivity contribution < 1.29 is 5.11 Å². The van der Waals surface area contributed by atoms with Crippen molar-refractivity contribution in [3.8, 4) is 0 Å². The first kappa shape index (κ1) is 18.7. The van der Waals surface area contributed by atoms with E-state index >= 15 is 0 Å². The summed E-state index contributed by atoms with van der Waals surface area (Å²) in [6.45, 7) is 4.15. The Bertz CT molecular complexity index is 472. The Morgan fingerprint density at radius 3 is 2.71 bits per heavy atom. The average Bonchev–Trinajstić information content (AvgIpc) is 3.13. The number of unbranched alkanes of at least 4 members (excludes halogenated alkanes) is 1. The van der Waals surface area contributed by atoms with E-state index in [1.807, 2.05) is 12.1 Å². The maximum absolute atomic E-state index is 10.2. The van der Waals surface area contributed by atoms with Gasteiger partial charge in [-0.3, -0.25) is 9.98 Å². The number of pyridine rings is 1. The number of nitrogens with zero attached hydrogens (tertiary/aromatic N) is 2. The van der Waals surface area contributed by atoms with Crippen LogP contribution in [0.15, 0.2) is 29.5 Å². The van der Waals surface area contributed by atoms with Crippen LogP contribution in [0.4, 0.5) is 0 Å². The molecule has 5 nitrogen and oxygen atoms in total. The number of guanidine groups is 1. The van der Waals surface area contributed by atoms with Gasteiger partial charge in [0.05, 0.1) is 12.6 Å². The highest BCUT2D eigenvalue weighted by molar-refractivity contribution is 5.79. The Kier molecular flexibility index (Phi) is 8.60. The third kappa shape index (κ3) is 6.87. The smallest absolute Gasteiger partial charge is 0.191 e. The number of nitrogens with one attached hydrogen (secondary N) is 2. The maximum atomic E-state index is 10.2. The number of aliphatic hydroxyl groups excluding tert-OH is 1. The van der Waals surface area contributed by atoms with Gasteiger partial charge in [-0.25, -0.2) is 0 Å². The second-order valence-corrected chi connectivity index (χ2v) is 6.59. The molecule has 1 heterocycles. The van der Waals surface area contributed by atoms with E-state index in [2.05, 4.69) is 27.5 Å². The molecule has 0 saturated heterocycles. The van der Waals surface area contributed by atoms with Crippen LogP contribution in [0.3, 0.4) is 0 Å². The molecule has 3 N–H and O–H groups in total. The summed E-state index contributed by atoms with van der Waals surface area (Å²) in [5, 5.41) is 16.8. The highest BCUT2D eigenvalue weighted by atomic mass is 16.3. The molecule has 1 aliphatic rings. The van der Waals surface area contributed by atoms with Crippen LogP contribution >= 0.6 is 0 Å². The van der Waals surface area contributed by atoms with Crippen molar-refractivity contribution in [2.75, 3.05) is 19.6 Å². The van der Waals surface area contributed by atoms with E-state index in [0.717, 1.165) is 30.5 Å². The summed E-state index contributed by atoms with van der Waals surface area (Å²) in [7, 11) is 0. The lowest BCUT2D eigenvalue weighted by atomic mass is 10.0. The van der Waals surface area contributed by atoms with Crippen LogP contribution in [-0.2, 0) is 0 Å². The van der Waals surface area contributed by atoms with Crippen LogP contribution in [0.25, 0.3) is 0 Å². The molecule has 1 fully saturated rings. The molecule has 1 aromatic heterocycles. The molecule has 1 aromatic rings. The van der Waals surface area contributed by atoms with Gasteiger partial charge in [0.25, 0.3) is 0 Å². The van der Waals surface area contributed by atoms with E-state index in [-0.39, 0.29) is 0 Å². The zero-order valence-electron chi connectivity index (χ0n) is 14.9. The highest BCUT2D eigenvalue weighted by Crippen LogP contribution is 2.28. The third-order valence-electron chi connectivity index (χ3n) is 4.66. The van der Waals surface area contributed by atoms with E-state index < -0.39 is 6.10 Å². The molecule has 0 bridgehead atoms. The van der Waals surface area contributed by atoms with Crippen LogP contribution in [0.5, 0.6) is 0 Å². The van der Waals surface area contributed by atoms with Crippen LogP contribution in [0, 0.1) is 5.92 Å². The summed E-state index contributed by atoms with van der Waals surface area (Å²) in [5.74, 6) is 1.76. The van der Waals surface area contributed by atoms with Gasteiger partial charge in [0, 0.05) is 25.5 Å². The van der Waals surface area contributed by atoms with Gasteiger partial charge in [-0.1, -0.05) is 38.5 Å². The van der Waals surface area contributed by atoms with Gasteiger partial charge in [-0.2, -0.15) is 0 Å². The zero-order chi connectivity index (χ0) is 17.0. The summed E-state index contributed by atoms with van der Waals surface area (Å²) in [5.41, 5.74) is 0.848. The first-order valence-corrected chi connectivity index (χ1v) is 9.39. The first-order valence-electron chi connectivity index (χ1n) is 9.39. The van der Waals surface area contributed by atoms with E-state index in [1.54, 1.807) is 12.4 Å². The molecule has 2 rings (SSSR count). The van der Waals surface area contributed by atoms with Gasteiger partial charge in [0.1, 0.15) is 0 Å². The minimum Gasteiger partial charge on any atom is -0.386 e. The van der Waals surface area contributed by atoms with Gasteiger partial charge in [0.2, 0.25) is 0 Å². The van der Waals surface area contributed by atoms with Crippen molar-refractivity contribution in [1.82, 2.24) is 15.6 Å². The van der Waals surface area contributed by atoms with Crippen molar-refractivity contribution in [1.29, 1.82) is 0 Å². The molecule has 0 amide bonds. The molecule has 1 saturated carbocycles. The van der Waals surface area contributed by atoms with Gasteiger partial charge in [-0.15, -0.1) is 0 Å². The predicted octanol–water partition coefficient (Wildman–Crippen LogP) is 3.03. The second-order valence-electron chi connectivity index (χ2n) is 6.59. The molecular formula is C19H32N4O. The molecule has 5 heteroatoms. The van der Waals surface area contributed by atoms with Crippen molar-refractivity contribution >= 4 is 5.96 Å². The molecular weight excluding hydrogens is 300 g/mol. The zero-order valence-corrected chi connectivity index (χ0v) is 14.9. The fourth-order valence-electron chi connectivity index (χ4n) is 3.27. The van der Waals surface area contributed by atoms with Crippen LogP contribution in [0.1, 0.15) is 63.5 Å². The molecule has 1 atom stereocenters. The quantitative estimate of drug-likeness (QED) is 0.369. The number of aromatic nitrogens is 1. The minimum atomic E-state index is -0.592. The lowest BCUT2D eigenvalue weighted by Crippen LogP contribution is -2.38. The van der Waals surface area contributed by atoms with Crippen LogP contribution in [-0.4, -0.2) is 35.7 Å². The standard InChI is InChI=1S/C19H32N4O/c1-2-21-19(22-12-6-5-9-16-7-3-4-8-16)23-15-18(24)17-10-13-20-14-11-17/h10-11,13-14,16,18,24H,2-9,12,15H2,1H3,(H2,21,22,23). The lowest BCUT2D eigenvalue weighted by Gasteiger charge is -2.14. The van der Waals surface area contributed by atoms with Gasteiger partial charge < -0.3 is 15.7 Å². The number of rotatable bonds is 9. The van der Waals surface area contributed by atoms with Crippen molar-refractivity contribution in [3.63, 3.8) is 0 Å². The monoisotopic (exact) mass is 332 g/mol. The first-order chi connectivity index (χ1) is 11.8. The summed E-state index contributed by atoms with van der Waals surface area (Å²) in [6, 6.07) is 3.65. The van der Waals surface area contributed by atoms with Crippen molar-refractivity contribution in [2.45, 2.75) is 58.0 Å². The van der Waals surface area contributed by atoms with Gasteiger partial charge in [-0.05, 0) is 37.0 Å². The van der Waals surface area contributed by atoms with Crippen molar-refractivity contribution in [3.05, 3.63) is 30.1 Å². The van der Waals surface area contributed by atoms with E-state index in [1.165, 1.54) is 44.9 Å². The largest absolute Gasteiger partial charge is 0.386 e. The molecule has 24 heavy (non-hydrogen) atoms. The molecule has 0 spiro atoms. The highest BCUT2D eigenvalue weighted by Gasteiger charge is 2.13. The average molecular weight is 332 g/mol. The molecule has 1 aliphatic carbocycles. The molecule has 1 unspecified atom stereocenters. The molecule has 0 radical (unpaired) electrons. The van der Waals surface area contributed by atoms with Crippen molar-refractivity contribution in [2.24, 2.45) is 10.9 Å². The van der Waals surface area contributed by atoms with E-state index in [4.69, 9.17) is 0 Å². The SMILES string of the molecule is CCNC(=NCC(O)c1ccncc1)NCCCCC1CCCC1. The van der Waals surface area contributed by atoms with Crippen LogP contribution < -0.4 is 10.6 Å². The van der Waals surface area contributed by atoms with E-state index in [0.29, 0.717) is 6.54 Å². The number of hydrogen-bond acceptors (Lipinski definition) is 3. The lowest BCUT2D eigenvalue weighted by molar-refractivity contribution is 0.187. The molecule has 0 aliphatic heterocycles. The van der Waals surface area contributed by atoms with Crippen LogP contribution in [0.2, 0.25) is 0 Å². The van der Waals surface area contributed by atoms with Gasteiger partial charge >= 0.3 is 0 Å². The number of hydrogen-bond donors (Lipinski definition) is 3.